The normalized spacial score (nSPS) is 10.0. The Morgan fingerprint density at radius 1 is 1.69 bits per heavy atom. The quantitative estimate of drug-likeness (QED) is 0.450. The average molecular weight is 221 g/mol. The first-order valence-corrected chi connectivity index (χ1v) is 4.73. The standard InChI is InChI=1S/C7H9ClN2O2S/c8-6-2-1-5(13-6)3-12-4-7(11)10-9/h1-2H,3-4,9H2,(H,10,11). The number of hydrogen-bond acceptors (Lipinski definition) is 4. The molecule has 0 radical (unpaired) electrons. The maximum atomic E-state index is 10.6. The molecule has 0 aliphatic heterocycles. The number of halogens is 1. The Balaban J connectivity index is 2.24. The van der Waals surface area contributed by atoms with Gasteiger partial charge < -0.3 is 4.74 Å². The lowest BCUT2D eigenvalue weighted by molar-refractivity contribution is -0.126. The van der Waals surface area contributed by atoms with Gasteiger partial charge in [0.15, 0.2) is 0 Å². The summed E-state index contributed by atoms with van der Waals surface area (Å²) >= 11 is 7.12. The molecule has 1 heterocycles. The molecule has 72 valence electrons. The van der Waals surface area contributed by atoms with Gasteiger partial charge in [-0.25, -0.2) is 5.84 Å². The van der Waals surface area contributed by atoms with Crippen molar-refractivity contribution in [3.63, 3.8) is 0 Å². The van der Waals surface area contributed by atoms with Crippen LogP contribution >= 0.6 is 22.9 Å². The van der Waals surface area contributed by atoms with Gasteiger partial charge in [0.05, 0.1) is 10.9 Å². The van der Waals surface area contributed by atoms with Crippen LogP contribution in [0.4, 0.5) is 0 Å². The van der Waals surface area contributed by atoms with E-state index < -0.39 is 0 Å². The molecular weight excluding hydrogens is 212 g/mol. The van der Waals surface area contributed by atoms with Crippen molar-refractivity contribution in [1.82, 2.24) is 5.43 Å². The molecule has 0 bridgehead atoms. The second kappa shape index (κ2) is 5.18. The minimum Gasteiger partial charge on any atom is -0.366 e. The Labute approximate surface area is 84.6 Å². The highest BCUT2D eigenvalue weighted by molar-refractivity contribution is 7.16. The molecule has 0 saturated heterocycles. The van der Waals surface area contributed by atoms with Crippen LogP contribution in [0.1, 0.15) is 4.88 Å². The average Bonchev–Trinajstić information content (AvgIpc) is 2.51. The predicted molar refractivity (Wildman–Crippen MR) is 51.3 cm³/mol. The van der Waals surface area contributed by atoms with Crippen LogP contribution in [-0.2, 0) is 16.1 Å². The third-order valence-electron chi connectivity index (χ3n) is 1.27. The molecule has 0 atom stereocenters. The van der Waals surface area contributed by atoms with E-state index in [1.54, 1.807) is 6.07 Å². The number of hydrazine groups is 1. The van der Waals surface area contributed by atoms with Crippen LogP contribution in [0.5, 0.6) is 0 Å². The number of ether oxygens (including phenoxy) is 1. The van der Waals surface area contributed by atoms with Crippen LogP contribution in [0.15, 0.2) is 12.1 Å². The zero-order valence-corrected chi connectivity index (χ0v) is 8.32. The summed E-state index contributed by atoms with van der Waals surface area (Å²) in [5, 5.41) is 0. The fourth-order valence-corrected chi connectivity index (χ4v) is 1.74. The Morgan fingerprint density at radius 2 is 2.46 bits per heavy atom. The molecule has 0 saturated carbocycles. The highest BCUT2D eigenvalue weighted by Gasteiger charge is 2.00. The van der Waals surface area contributed by atoms with Crippen molar-refractivity contribution in [2.45, 2.75) is 6.61 Å². The van der Waals surface area contributed by atoms with E-state index in [1.165, 1.54) is 11.3 Å². The van der Waals surface area contributed by atoms with Crippen LogP contribution in [0, 0.1) is 0 Å². The third-order valence-corrected chi connectivity index (χ3v) is 2.47. The summed E-state index contributed by atoms with van der Waals surface area (Å²) in [6.45, 7) is 0.344. The van der Waals surface area contributed by atoms with Crippen molar-refractivity contribution in [2.75, 3.05) is 6.61 Å². The number of hydrogen-bond donors (Lipinski definition) is 2. The van der Waals surface area contributed by atoms with Gasteiger partial charge in [-0.05, 0) is 12.1 Å². The molecule has 1 aromatic rings. The van der Waals surface area contributed by atoms with Crippen LogP contribution < -0.4 is 11.3 Å². The van der Waals surface area contributed by atoms with Crippen molar-refractivity contribution in [2.24, 2.45) is 5.84 Å². The number of thiophene rings is 1. The van der Waals surface area contributed by atoms with Crippen molar-refractivity contribution in [3.05, 3.63) is 21.3 Å². The minimum atomic E-state index is -0.345. The summed E-state index contributed by atoms with van der Waals surface area (Å²) in [5.41, 5.74) is 1.97. The molecule has 1 amide bonds. The fourth-order valence-electron chi connectivity index (χ4n) is 0.715. The summed E-state index contributed by atoms with van der Waals surface area (Å²) < 4.78 is 5.76. The van der Waals surface area contributed by atoms with Crippen LogP contribution in [0.3, 0.4) is 0 Å². The minimum absolute atomic E-state index is 0.0357. The molecule has 4 nitrogen and oxygen atoms in total. The molecule has 0 spiro atoms. The zero-order valence-electron chi connectivity index (χ0n) is 6.75. The van der Waals surface area contributed by atoms with Crippen LogP contribution in [0.25, 0.3) is 0 Å². The van der Waals surface area contributed by atoms with Gasteiger partial charge in [-0.1, -0.05) is 11.6 Å². The van der Waals surface area contributed by atoms with E-state index in [-0.39, 0.29) is 12.5 Å². The molecule has 1 rings (SSSR count). The summed E-state index contributed by atoms with van der Waals surface area (Å²) in [7, 11) is 0. The number of carbonyl (C=O) groups is 1. The zero-order chi connectivity index (χ0) is 9.68. The van der Waals surface area contributed by atoms with E-state index in [0.29, 0.717) is 10.9 Å². The highest BCUT2D eigenvalue weighted by Crippen LogP contribution is 2.21. The van der Waals surface area contributed by atoms with E-state index in [4.69, 9.17) is 22.2 Å². The molecule has 0 aromatic carbocycles. The lowest BCUT2D eigenvalue weighted by atomic mass is 10.5. The Bertz CT molecular complexity index is 290. The lowest BCUT2D eigenvalue weighted by Gasteiger charge is -2.00. The van der Waals surface area contributed by atoms with Crippen molar-refractivity contribution in [1.29, 1.82) is 0 Å². The highest BCUT2D eigenvalue weighted by atomic mass is 35.5. The Morgan fingerprint density at radius 3 is 3.00 bits per heavy atom. The van der Waals surface area contributed by atoms with E-state index in [1.807, 2.05) is 11.5 Å². The maximum absolute atomic E-state index is 10.6. The van der Waals surface area contributed by atoms with Crippen LogP contribution in [0.2, 0.25) is 4.34 Å². The molecule has 0 fully saturated rings. The van der Waals surface area contributed by atoms with Gasteiger partial charge in [-0.2, -0.15) is 0 Å². The maximum Gasteiger partial charge on any atom is 0.259 e. The first-order chi connectivity index (χ1) is 6.22. The molecule has 1 aromatic heterocycles. The van der Waals surface area contributed by atoms with E-state index >= 15 is 0 Å². The van der Waals surface area contributed by atoms with E-state index in [2.05, 4.69) is 0 Å². The fraction of sp³-hybridized carbons (Fsp3) is 0.286. The SMILES string of the molecule is NNC(=O)COCc1ccc(Cl)s1. The summed E-state index contributed by atoms with van der Waals surface area (Å²) in [6, 6.07) is 3.64. The van der Waals surface area contributed by atoms with Gasteiger partial charge in [0.1, 0.15) is 6.61 Å². The summed E-state index contributed by atoms with van der Waals surface area (Å²) in [4.78, 5) is 11.6. The number of nitrogens with two attached hydrogens (primary N) is 1. The van der Waals surface area contributed by atoms with Crippen molar-refractivity contribution in [3.8, 4) is 0 Å². The van der Waals surface area contributed by atoms with Crippen molar-refractivity contribution < 1.29 is 9.53 Å². The Hall–Kier alpha value is -0.620. The molecular formula is C7H9ClN2O2S. The van der Waals surface area contributed by atoms with Gasteiger partial charge in [0.2, 0.25) is 0 Å². The Kier molecular flexibility index (Phi) is 4.17. The number of amides is 1. The molecule has 6 heteroatoms. The van der Waals surface area contributed by atoms with E-state index in [9.17, 15) is 4.79 Å². The monoisotopic (exact) mass is 220 g/mol. The van der Waals surface area contributed by atoms with Gasteiger partial charge in [0, 0.05) is 4.88 Å². The molecule has 3 N–H and O–H groups in total. The topological polar surface area (TPSA) is 64.3 Å². The van der Waals surface area contributed by atoms with E-state index in [0.717, 1.165) is 4.88 Å². The van der Waals surface area contributed by atoms with Crippen molar-refractivity contribution >= 4 is 28.8 Å². The second-order valence-corrected chi connectivity index (χ2v) is 4.07. The van der Waals surface area contributed by atoms with Gasteiger partial charge >= 0.3 is 0 Å². The largest absolute Gasteiger partial charge is 0.366 e. The molecule has 0 unspecified atom stereocenters. The van der Waals surface area contributed by atoms with Gasteiger partial charge in [-0.3, -0.25) is 10.2 Å². The number of nitrogens with one attached hydrogen (secondary N) is 1. The summed E-state index contributed by atoms with van der Waals surface area (Å²) in [5.74, 6) is 4.51. The van der Waals surface area contributed by atoms with Crippen LogP contribution in [-0.4, -0.2) is 12.5 Å². The first-order valence-electron chi connectivity index (χ1n) is 3.54. The lowest BCUT2D eigenvalue weighted by Crippen LogP contribution is -2.33. The number of carbonyl (C=O) groups excluding carboxylic acids is 1. The predicted octanol–water partition coefficient (Wildman–Crippen LogP) is 0.908. The smallest absolute Gasteiger partial charge is 0.259 e. The number of rotatable bonds is 4. The molecule has 0 aliphatic carbocycles. The third kappa shape index (κ3) is 3.73. The molecule has 0 aliphatic rings. The second-order valence-electron chi connectivity index (χ2n) is 2.27. The first kappa shape index (κ1) is 10.5. The summed E-state index contributed by atoms with van der Waals surface area (Å²) in [6.07, 6.45) is 0. The van der Waals surface area contributed by atoms with Gasteiger partial charge in [-0.15, -0.1) is 11.3 Å². The molecule has 13 heavy (non-hydrogen) atoms. The van der Waals surface area contributed by atoms with Gasteiger partial charge in [0.25, 0.3) is 5.91 Å².